The summed E-state index contributed by atoms with van der Waals surface area (Å²) < 4.78 is 0. The van der Waals surface area contributed by atoms with Gasteiger partial charge >= 0.3 is 0 Å². The van der Waals surface area contributed by atoms with E-state index in [-0.39, 0.29) is 24.0 Å². The number of piperazine rings is 1. The lowest BCUT2D eigenvalue weighted by Gasteiger charge is -2.36. The van der Waals surface area contributed by atoms with Crippen molar-refractivity contribution in [3.63, 3.8) is 0 Å². The standard InChI is InChI=1S/C22H34N6S.HI/c1-18-7-6-8-20(15-18)28-13-11-27(12-14-28)10-5-4-9-24-22(23-3)26-17-21-25-16-19(2)29-21;/h6-8,15-16H,4-5,9-14,17H2,1-3H3,(H2,23,24,26);1H. The van der Waals surface area contributed by atoms with Gasteiger partial charge in [0.2, 0.25) is 0 Å². The first-order chi connectivity index (χ1) is 14.1. The molecule has 1 saturated heterocycles. The number of hydrogen-bond donors (Lipinski definition) is 2. The van der Waals surface area contributed by atoms with Gasteiger partial charge in [-0.3, -0.25) is 9.89 Å². The topological polar surface area (TPSA) is 55.8 Å². The SMILES string of the molecule is CN=C(NCCCCN1CCN(c2cccc(C)c2)CC1)NCc1ncc(C)s1.I. The molecule has 1 fully saturated rings. The van der Waals surface area contributed by atoms with Crippen LogP contribution in [-0.4, -0.2) is 62.2 Å². The fourth-order valence-corrected chi connectivity index (χ4v) is 4.31. The van der Waals surface area contributed by atoms with E-state index in [0.717, 1.165) is 56.7 Å². The number of halogens is 1. The summed E-state index contributed by atoms with van der Waals surface area (Å²) in [6, 6.07) is 8.84. The third-order valence-corrected chi connectivity index (χ3v) is 6.15. The molecule has 1 aromatic carbocycles. The van der Waals surface area contributed by atoms with Gasteiger partial charge in [-0.15, -0.1) is 35.3 Å². The van der Waals surface area contributed by atoms with Crippen LogP contribution in [0.2, 0.25) is 0 Å². The molecule has 0 unspecified atom stereocenters. The van der Waals surface area contributed by atoms with Gasteiger partial charge in [-0.2, -0.15) is 0 Å². The molecule has 1 aliphatic rings. The van der Waals surface area contributed by atoms with Crippen LogP contribution in [0.3, 0.4) is 0 Å². The lowest BCUT2D eigenvalue weighted by atomic mass is 10.2. The molecule has 6 nitrogen and oxygen atoms in total. The summed E-state index contributed by atoms with van der Waals surface area (Å²) >= 11 is 1.72. The number of anilines is 1. The number of thiazole rings is 1. The van der Waals surface area contributed by atoms with E-state index in [1.54, 1.807) is 11.3 Å². The van der Waals surface area contributed by atoms with Crippen molar-refractivity contribution in [3.05, 3.63) is 45.9 Å². The maximum atomic E-state index is 4.38. The van der Waals surface area contributed by atoms with Gasteiger partial charge in [-0.25, -0.2) is 4.98 Å². The average Bonchev–Trinajstić information content (AvgIpc) is 3.15. The molecule has 0 spiro atoms. The first-order valence-corrected chi connectivity index (χ1v) is 11.4. The molecule has 1 aliphatic heterocycles. The second-order valence-corrected chi connectivity index (χ2v) is 8.91. The van der Waals surface area contributed by atoms with Crippen LogP contribution < -0.4 is 15.5 Å². The van der Waals surface area contributed by atoms with Crippen molar-refractivity contribution in [1.82, 2.24) is 20.5 Å². The van der Waals surface area contributed by atoms with E-state index in [1.165, 1.54) is 29.1 Å². The second kappa shape index (κ2) is 13.1. The van der Waals surface area contributed by atoms with Gasteiger partial charge in [0.15, 0.2) is 5.96 Å². The normalized spacial score (nSPS) is 15.0. The Morgan fingerprint density at radius 3 is 2.60 bits per heavy atom. The zero-order valence-corrected chi connectivity index (χ0v) is 21.5. The van der Waals surface area contributed by atoms with Crippen LogP contribution in [0.15, 0.2) is 35.5 Å². The largest absolute Gasteiger partial charge is 0.369 e. The maximum Gasteiger partial charge on any atom is 0.191 e. The molecule has 0 bridgehead atoms. The van der Waals surface area contributed by atoms with Gasteiger partial charge < -0.3 is 15.5 Å². The Morgan fingerprint density at radius 1 is 1.13 bits per heavy atom. The van der Waals surface area contributed by atoms with E-state index in [1.807, 2.05) is 13.2 Å². The lowest BCUT2D eigenvalue weighted by Crippen LogP contribution is -2.46. The van der Waals surface area contributed by atoms with Gasteiger partial charge in [0.05, 0.1) is 6.54 Å². The number of hydrogen-bond acceptors (Lipinski definition) is 5. The first kappa shape index (κ1) is 24.9. The molecular formula is C22H35IN6S. The fourth-order valence-electron chi connectivity index (χ4n) is 3.58. The number of unbranched alkanes of at least 4 members (excludes halogenated alkanes) is 1. The monoisotopic (exact) mass is 542 g/mol. The van der Waals surface area contributed by atoms with Crippen LogP contribution >= 0.6 is 35.3 Å². The van der Waals surface area contributed by atoms with Crippen molar-refractivity contribution < 1.29 is 0 Å². The van der Waals surface area contributed by atoms with Crippen molar-refractivity contribution in [1.29, 1.82) is 0 Å². The van der Waals surface area contributed by atoms with E-state index < -0.39 is 0 Å². The predicted octanol–water partition coefficient (Wildman–Crippen LogP) is 3.65. The van der Waals surface area contributed by atoms with Crippen molar-refractivity contribution >= 4 is 47.0 Å². The van der Waals surface area contributed by atoms with Crippen molar-refractivity contribution in [2.75, 3.05) is 51.2 Å². The summed E-state index contributed by atoms with van der Waals surface area (Å²) in [5, 5.41) is 7.83. The molecule has 30 heavy (non-hydrogen) atoms. The molecule has 3 rings (SSSR count). The average molecular weight is 543 g/mol. The first-order valence-electron chi connectivity index (χ1n) is 10.5. The van der Waals surface area contributed by atoms with Gasteiger partial charge in [-0.1, -0.05) is 12.1 Å². The number of nitrogens with zero attached hydrogens (tertiary/aromatic N) is 4. The Morgan fingerprint density at radius 2 is 1.93 bits per heavy atom. The summed E-state index contributed by atoms with van der Waals surface area (Å²) in [7, 11) is 1.82. The number of guanidine groups is 1. The number of aliphatic imine (C=N–C) groups is 1. The Labute approximate surface area is 202 Å². The smallest absolute Gasteiger partial charge is 0.191 e. The van der Waals surface area contributed by atoms with Crippen LogP contribution in [0.4, 0.5) is 5.69 Å². The summed E-state index contributed by atoms with van der Waals surface area (Å²) in [6.45, 7) is 11.6. The summed E-state index contributed by atoms with van der Waals surface area (Å²) in [4.78, 5) is 15.0. The lowest BCUT2D eigenvalue weighted by molar-refractivity contribution is 0.253. The molecule has 8 heteroatoms. The minimum atomic E-state index is 0. The minimum absolute atomic E-state index is 0. The van der Waals surface area contributed by atoms with Gasteiger partial charge in [0.1, 0.15) is 5.01 Å². The van der Waals surface area contributed by atoms with E-state index in [9.17, 15) is 0 Å². The zero-order valence-electron chi connectivity index (χ0n) is 18.4. The van der Waals surface area contributed by atoms with Gasteiger partial charge in [0, 0.05) is 56.5 Å². The number of benzene rings is 1. The quantitative estimate of drug-likeness (QED) is 0.231. The summed E-state index contributed by atoms with van der Waals surface area (Å²) in [6.07, 6.45) is 4.27. The molecule has 0 aliphatic carbocycles. The Balaban J connectivity index is 0.00000320. The highest BCUT2D eigenvalue weighted by Crippen LogP contribution is 2.17. The highest BCUT2D eigenvalue weighted by molar-refractivity contribution is 14.0. The Hall–Kier alpha value is -1.39. The van der Waals surface area contributed by atoms with Crippen molar-refractivity contribution in [2.24, 2.45) is 4.99 Å². The number of aromatic nitrogens is 1. The third kappa shape index (κ3) is 8.03. The molecule has 166 valence electrons. The number of rotatable bonds is 8. The Bertz CT molecular complexity index is 785. The summed E-state index contributed by atoms with van der Waals surface area (Å²) in [5.41, 5.74) is 2.70. The van der Waals surface area contributed by atoms with E-state index >= 15 is 0 Å². The van der Waals surface area contributed by atoms with E-state index in [4.69, 9.17) is 0 Å². The third-order valence-electron chi connectivity index (χ3n) is 5.23. The van der Waals surface area contributed by atoms with E-state index in [2.05, 4.69) is 68.5 Å². The van der Waals surface area contributed by atoms with Crippen molar-refractivity contribution in [2.45, 2.75) is 33.2 Å². The highest BCUT2D eigenvalue weighted by atomic mass is 127. The van der Waals surface area contributed by atoms with Crippen LogP contribution in [-0.2, 0) is 6.54 Å². The highest BCUT2D eigenvalue weighted by Gasteiger charge is 2.16. The zero-order chi connectivity index (χ0) is 20.5. The fraction of sp³-hybridized carbons (Fsp3) is 0.545. The minimum Gasteiger partial charge on any atom is -0.369 e. The second-order valence-electron chi connectivity index (χ2n) is 7.59. The van der Waals surface area contributed by atoms with Crippen LogP contribution in [0.1, 0.15) is 28.3 Å². The molecule has 0 radical (unpaired) electrons. The molecule has 0 saturated carbocycles. The van der Waals surface area contributed by atoms with Gasteiger partial charge in [-0.05, 0) is 50.9 Å². The van der Waals surface area contributed by atoms with Crippen molar-refractivity contribution in [3.8, 4) is 0 Å². The van der Waals surface area contributed by atoms with Crippen LogP contribution in [0, 0.1) is 13.8 Å². The van der Waals surface area contributed by atoms with E-state index in [0.29, 0.717) is 0 Å². The maximum absolute atomic E-state index is 4.38. The molecule has 1 aromatic heterocycles. The summed E-state index contributed by atoms with van der Waals surface area (Å²) in [5.74, 6) is 0.852. The molecule has 2 N–H and O–H groups in total. The number of nitrogens with one attached hydrogen (secondary N) is 2. The van der Waals surface area contributed by atoms with Crippen LogP contribution in [0.25, 0.3) is 0 Å². The van der Waals surface area contributed by atoms with Gasteiger partial charge in [0.25, 0.3) is 0 Å². The predicted molar refractivity (Wildman–Crippen MR) is 140 cm³/mol. The molecule has 2 heterocycles. The molecular weight excluding hydrogens is 507 g/mol. The molecule has 2 aromatic rings. The number of aryl methyl sites for hydroxylation is 2. The molecule has 0 atom stereocenters. The Kier molecular flexibility index (Phi) is 10.9. The van der Waals surface area contributed by atoms with Crippen LogP contribution in [0.5, 0.6) is 0 Å². The molecule has 0 amide bonds.